The number of carbonyl (C=O) groups excluding carboxylic acids is 1. The van der Waals surface area contributed by atoms with E-state index in [4.69, 9.17) is 4.52 Å². The minimum atomic E-state index is -4.77. The summed E-state index contributed by atoms with van der Waals surface area (Å²) < 4.78 is 46.1. The Kier molecular flexibility index (Phi) is 8.28. The Hall–Kier alpha value is -2.55. The molecule has 0 spiro atoms. The van der Waals surface area contributed by atoms with Gasteiger partial charge in [0.25, 0.3) is 5.91 Å². The molecule has 1 atom stereocenters. The average Bonchev–Trinajstić information content (AvgIpc) is 3.06. The molecular weight excluding hydrogens is 399 g/mol. The van der Waals surface area contributed by atoms with Gasteiger partial charge in [-0.1, -0.05) is 19.0 Å². The van der Waals surface area contributed by atoms with Crippen molar-refractivity contribution in [2.24, 2.45) is 0 Å². The Bertz CT molecular complexity index is 815. The third kappa shape index (κ3) is 6.76. The SMILES string of the molecule is CCN(CC)CCC[C@@H](C)NC(=O)c1c(C)noc1-c1ccc(OC(F)(F)F)cc1. The van der Waals surface area contributed by atoms with Crippen LogP contribution in [-0.2, 0) is 0 Å². The van der Waals surface area contributed by atoms with E-state index in [1.54, 1.807) is 6.92 Å². The molecule has 0 aliphatic rings. The highest BCUT2D eigenvalue weighted by Gasteiger charge is 2.31. The van der Waals surface area contributed by atoms with Crippen LogP contribution in [0.3, 0.4) is 0 Å². The molecule has 0 bridgehead atoms. The molecule has 0 saturated heterocycles. The summed E-state index contributed by atoms with van der Waals surface area (Å²) in [4.78, 5) is 15.1. The second-order valence-electron chi connectivity index (χ2n) is 7.09. The van der Waals surface area contributed by atoms with Crippen LogP contribution in [0.15, 0.2) is 28.8 Å². The smallest absolute Gasteiger partial charge is 0.406 e. The second kappa shape index (κ2) is 10.5. The largest absolute Gasteiger partial charge is 0.573 e. The summed E-state index contributed by atoms with van der Waals surface area (Å²) in [6.07, 6.45) is -2.98. The number of alkyl halides is 3. The van der Waals surface area contributed by atoms with E-state index in [0.717, 1.165) is 44.6 Å². The molecular formula is C21H28F3N3O3. The fourth-order valence-corrected chi connectivity index (χ4v) is 3.17. The van der Waals surface area contributed by atoms with Gasteiger partial charge in [-0.05, 0) is 70.6 Å². The molecule has 1 amide bonds. The zero-order chi connectivity index (χ0) is 22.3. The number of amides is 1. The normalized spacial score (nSPS) is 12.8. The van der Waals surface area contributed by atoms with Crippen molar-refractivity contribution in [3.05, 3.63) is 35.5 Å². The summed E-state index contributed by atoms with van der Waals surface area (Å²) in [5.41, 5.74) is 1.12. The van der Waals surface area contributed by atoms with Crippen LogP contribution in [-0.4, -0.2) is 48.0 Å². The van der Waals surface area contributed by atoms with Gasteiger partial charge in [-0.15, -0.1) is 13.2 Å². The van der Waals surface area contributed by atoms with E-state index in [9.17, 15) is 18.0 Å². The Morgan fingerprint density at radius 2 is 1.87 bits per heavy atom. The van der Waals surface area contributed by atoms with Crippen molar-refractivity contribution in [1.82, 2.24) is 15.4 Å². The first kappa shape index (κ1) is 23.7. The van der Waals surface area contributed by atoms with E-state index in [1.807, 2.05) is 6.92 Å². The van der Waals surface area contributed by atoms with E-state index >= 15 is 0 Å². The van der Waals surface area contributed by atoms with Crippen molar-refractivity contribution in [3.8, 4) is 17.1 Å². The predicted molar refractivity (Wildman–Crippen MR) is 107 cm³/mol. The third-order valence-corrected chi connectivity index (χ3v) is 4.82. The van der Waals surface area contributed by atoms with Crippen molar-refractivity contribution >= 4 is 5.91 Å². The minimum Gasteiger partial charge on any atom is -0.406 e. The maximum absolute atomic E-state index is 12.8. The number of ether oxygens (including phenoxy) is 1. The molecule has 0 aliphatic heterocycles. The molecule has 6 nitrogen and oxygen atoms in total. The van der Waals surface area contributed by atoms with Crippen LogP contribution in [0.1, 0.15) is 49.7 Å². The molecule has 0 unspecified atom stereocenters. The van der Waals surface area contributed by atoms with E-state index in [0.29, 0.717) is 11.3 Å². The number of hydrogen-bond donors (Lipinski definition) is 1. The van der Waals surface area contributed by atoms with Crippen molar-refractivity contribution < 1.29 is 27.2 Å². The van der Waals surface area contributed by atoms with Gasteiger partial charge in [0.15, 0.2) is 5.76 Å². The summed E-state index contributed by atoms with van der Waals surface area (Å²) in [5.74, 6) is -0.469. The molecule has 0 aliphatic carbocycles. The maximum Gasteiger partial charge on any atom is 0.573 e. The summed E-state index contributed by atoms with van der Waals surface area (Å²) in [7, 11) is 0. The summed E-state index contributed by atoms with van der Waals surface area (Å²) in [6, 6.07) is 5.07. The van der Waals surface area contributed by atoms with Crippen LogP contribution in [0.5, 0.6) is 5.75 Å². The first-order valence-corrected chi connectivity index (χ1v) is 10.00. The van der Waals surface area contributed by atoms with Crippen LogP contribution in [0, 0.1) is 6.92 Å². The maximum atomic E-state index is 12.8. The van der Waals surface area contributed by atoms with Gasteiger partial charge in [0, 0.05) is 11.6 Å². The molecule has 30 heavy (non-hydrogen) atoms. The lowest BCUT2D eigenvalue weighted by atomic mass is 10.1. The van der Waals surface area contributed by atoms with Gasteiger partial charge in [0.2, 0.25) is 0 Å². The van der Waals surface area contributed by atoms with E-state index < -0.39 is 6.36 Å². The highest BCUT2D eigenvalue weighted by atomic mass is 19.4. The number of hydrogen-bond acceptors (Lipinski definition) is 5. The zero-order valence-electron chi connectivity index (χ0n) is 17.7. The van der Waals surface area contributed by atoms with Gasteiger partial charge in [0.1, 0.15) is 11.3 Å². The standard InChI is InChI=1S/C21H28F3N3O3/c1-5-27(6-2)13-7-8-14(3)25-20(28)18-15(4)26-30-19(18)16-9-11-17(12-10-16)29-21(22,23)24/h9-12,14H,5-8,13H2,1-4H3,(H,25,28)/t14-/m1/s1. The zero-order valence-corrected chi connectivity index (χ0v) is 17.7. The topological polar surface area (TPSA) is 67.6 Å². The fraction of sp³-hybridized carbons (Fsp3) is 0.524. The van der Waals surface area contributed by atoms with Crippen molar-refractivity contribution in [3.63, 3.8) is 0 Å². The lowest BCUT2D eigenvalue weighted by Crippen LogP contribution is -2.34. The number of aryl methyl sites for hydroxylation is 1. The highest BCUT2D eigenvalue weighted by molar-refractivity contribution is 6.00. The minimum absolute atomic E-state index is 0.0437. The molecule has 2 aromatic rings. The summed E-state index contributed by atoms with van der Waals surface area (Å²) in [6.45, 7) is 10.8. The molecule has 0 radical (unpaired) electrons. The lowest BCUT2D eigenvalue weighted by molar-refractivity contribution is -0.274. The Morgan fingerprint density at radius 3 is 2.43 bits per heavy atom. The summed E-state index contributed by atoms with van der Waals surface area (Å²) in [5, 5.41) is 6.81. The molecule has 1 N–H and O–H groups in total. The molecule has 1 aromatic carbocycles. The van der Waals surface area contributed by atoms with Gasteiger partial charge in [-0.25, -0.2) is 0 Å². The quantitative estimate of drug-likeness (QED) is 0.591. The van der Waals surface area contributed by atoms with Crippen LogP contribution in [0.2, 0.25) is 0 Å². The van der Waals surface area contributed by atoms with Gasteiger partial charge in [-0.2, -0.15) is 0 Å². The molecule has 1 heterocycles. The number of rotatable bonds is 10. The molecule has 0 fully saturated rings. The molecule has 2 rings (SSSR count). The summed E-state index contributed by atoms with van der Waals surface area (Å²) >= 11 is 0. The molecule has 1 aromatic heterocycles. The second-order valence-corrected chi connectivity index (χ2v) is 7.09. The number of halogens is 3. The number of nitrogens with zero attached hydrogens (tertiary/aromatic N) is 2. The van der Waals surface area contributed by atoms with Crippen molar-refractivity contribution in [1.29, 1.82) is 0 Å². The fourth-order valence-electron chi connectivity index (χ4n) is 3.17. The van der Waals surface area contributed by atoms with Crippen molar-refractivity contribution in [2.45, 2.75) is 52.9 Å². The van der Waals surface area contributed by atoms with Crippen LogP contribution in [0.25, 0.3) is 11.3 Å². The predicted octanol–water partition coefficient (Wildman–Crippen LogP) is 4.79. The first-order chi connectivity index (χ1) is 14.1. The lowest BCUT2D eigenvalue weighted by Gasteiger charge is -2.19. The number of benzene rings is 1. The Morgan fingerprint density at radius 1 is 1.23 bits per heavy atom. The Balaban J connectivity index is 2.05. The van der Waals surface area contributed by atoms with Gasteiger partial charge in [-0.3, -0.25) is 4.79 Å². The number of nitrogens with one attached hydrogen (secondary N) is 1. The van der Waals surface area contributed by atoms with Crippen molar-refractivity contribution in [2.75, 3.05) is 19.6 Å². The van der Waals surface area contributed by atoms with Crippen LogP contribution in [0.4, 0.5) is 13.2 Å². The van der Waals surface area contributed by atoms with E-state index in [-0.39, 0.29) is 29.0 Å². The Labute approximate surface area is 174 Å². The van der Waals surface area contributed by atoms with Gasteiger partial charge >= 0.3 is 6.36 Å². The number of carbonyl (C=O) groups is 1. The number of aromatic nitrogens is 1. The van der Waals surface area contributed by atoms with E-state index in [1.165, 1.54) is 12.1 Å². The van der Waals surface area contributed by atoms with Gasteiger partial charge < -0.3 is 19.5 Å². The van der Waals surface area contributed by atoms with Gasteiger partial charge in [0.05, 0.1) is 5.69 Å². The average molecular weight is 427 g/mol. The monoisotopic (exact) mass is 427 g/mol. The highest BCUT2D eigenvalue weighted by Crippen LogP contribution is 2.29. The molecule has 0 saturated carbocycles. The molecule has 9 heteroatoms. The van der Waals surface area contributed by atoms with Crippen LogP contribution >= 0.6 is 0 Å². The molecule has 166 valence electrons. The van der Waals surface area contributed by atoms with E-state index in [2.05, 4.69) is 34.0 Å². The first-order valence-electron chi connectivity index (χ1n) is 10.00. The third-order valence-electron chi connectivity index (χ3n) is 4.82. The van der Waals surface area contributed by atoms with Crippen LogP contribution < -0.4 is 10.1 Å².